The van der Waals surface area contributed by atoms with Gasteiger partial charge in [-0.15, -0.1) is 0 Å². The molecule has 4 heterocycles. The van der Waals surface area contributed by atoms with Gasteiger partial charge in [-0.2, -0.15) is 23.4 Å². The van der Waals surface area contributed by atoms with E-state index in [-0.39, 0.29) is 17.4 Å². The Kier molecular flexibility index (Phi) is 13.1. The molecule has 3 aromatic rings. The smallest absolute Gasteiger partial charge is 0.371 e. The van der Waals surface area contributed by atoms with E-state index in [1.165, 1.54) is 53.5 Å². The maximum atomic E-state index is 13.4. The quantitative estimate of drug-likeness (QED) is 0.178. The molecule has 0 spiro atoms. The number of rotatable bonds is 5. The molecule has 214 valence electrons. The fourth-order valence-electron chi connectivity index (χ4n) is 3.35. The molecule has 0 radical (unpaired) electrons. The van der Waals surface area contributed by atoms with Gasteiger partial charge in [0, 0.05) is 25.9 Å². The van der Waals surface area contributed by atoms with Gasteiger partial charge in [-0.1, -0.05) is 57.3 Å². The highest BCUT2D eigenvalue weighted by molar-refractivity contribution is 6.33. The number of hydrazone groups is 1. The fourth-order valence-corrected chi connectivity index (χ4v) is 3.74. The Morgan fingerprint density at radius 1 is 1.21 bits per heavy atom. The second-order valence-electron chi connectivity index (χ2n) is 8.00. The van der Waals surface area contributed by atoms with Crippen molar-refractivity contribution in [2.45, 2.75) is 52.6 Å². The van der Waals surface area contributed by atoms with Gasteiger partial charge in [-0.05, 0) is 13.0 Å². The molecule has 39 heavy (non-hydrogen) atoms. The van der Waals surface area contributed by atoms with Crippen molar-refractivity contribution < 1.29 is 18.0 Å². The number of amides is 1. The molecule has 0 fully saturated rings. The Bertz CT molecular complexity index is 1270. The summed E-state index contributed by atoms with van der Waals surface area (Å²) >= 11 is 11.6. The van der Waals surface area contributed by atoms with Crippen LogP contribution in [0.4, 0.5) is 30.4 Å². The van der Waals surface area contributed by atoms with Crippen molar-refractivity contribution in [2.24, 2.45) is 5.10 Å². The third kappa shape index (κ3) is 8.27. The van der Waals surface area contributed by atoms with Crippen LogP contribution in [-0.4, -0.2) is 58.2 Å². The van der Waals surface area contributed by atoms with Gasteiger partial charge in [0.2, 0.25) is 6.41 Å². The largest absolute Gasteiger partial charge is 0.401 e. The summed E-state index contributed by atoms with van der Waals surface area (Å²) in [6.45, 7) is 9.26. The molecule has 0 aliphatic carbocycles. The van der Waals surface area contributed by atoms with E-state index in [1.807, 2.05) is 13.8 Å². The number of hydrogen-bond donors (Lipinski definition) is 3. The number of anilines is 3. The van der Waals surface area contributed by atoms with E-state index in [1.54, 1.807) is 7.05 Å². The van der Waals surface area contributed by atoms with E-state index in [2.05, 4.69) is 44.8 Å². The van der Waals surface area contributed by atoms with E-state index in [4.69, 9.17) is 28.6 Å². The minimum atomic E-state index is -4.38. The second-order valence-corrected chi connectivity index (χ2v) is 8.79. The Labute approximate surface area is 235 Å². The highest BCUT2D eigenvalue weighted by Gasteiger charge is 2.59. The predicted octanol–water partition coefficient (Wildman–Crippen LogP) is 6.45. The van der Waals surface area contributed by atoms with Gasteiger partial charge in [0.1, 0.15) is 5.41 Å². The summed E-state index contributed by atoms with van der Waals surface area (Å²) in [6.07, 6.45) is 2.54. The highest BCUT2D eigenvalue weighted by atomic mass is 35.5. The summed E-state index contributed by atoms with van der Waals surface area (Å²) in [5.41, 5.74) is 1.87. The molecule has 3 N–H and O–H groups in total. The molecule has 1 aliphatic heterocycles. The first-order valence-corrected chi connectivity index (χ1v) is 12.7. The standard InChI is InChI=1S/C11H10ClF3N4.C8H8ClN5O.C3H8.C2H6/c1-10(11(13,14)15)5-18(2)6-4-16-8-3-7(12)17-19(8)9(6)10;9-7-3-6(12-5-15)4-11-8(7)14-13-2-1-10;1-3-2;1-2/h3-4H,5H2,1-2H3;1-5,10H,(H,11,14)(H,12,15);3H2,1-2H3;1-2H3/b;10-1?,13-2-;;. The van der Waals surface area contributed by atoms with E-state index in [0.717, 1.165) is 6.21 Å². The van der Waals surface area contributed by atoms with Crippen molar-refractivity contribution in [2.75, 3.05) is 29.2 Å². The lowest BCUT2D eigenvalue weighted by molar-refractivity contribution is -0.181. The minimum Gasteiger partial charge on any atom is -0.371 e. The van der Waals surface area contributed by atoms with E-state index in [9.17, 15) is 18.0 Å². The summed E-state index contributed by atoms with van der Waals surface area (Å²) in [5.74, 6) is 0.353. The molecule has 1 aliphatic rings. The Hall–Kier alpha value is -3.45. The number of fused-ring (bicyclic) bond motifs is 3. The molecule has 1 atom stereocenters. The summed E-state index contributed by atoms with van der Waals surface area (Å²) < 4.78 is 41.4. The molecule has 1 unspecified atom stereocenters. The first-order valence-electron chi connectivity index (χ1n) is 11.9. The lowest BCUT2D eigenvalue weighted by atomic mass is 9.88. The summed E-state index contributed by atoms with van der Waals surface area (Å²) in [5, 5.41) is 17.1. The average molecular weight is 590 g/mol. The van der Waals surface area contributed by atoms with E-state index < -0.39 is 11.6 Å². The first kappa shape index (κ1) is 33.6. The van der Waals surface area contributed by atoms with Crippen molar-refractivity contribution in [3.05, 3.63) is 40.4 Å². The molecule has 4 rings (SSSR count). The molecule has 0 bridgehead atoms. The van der Waals surface area contributed by atoms with Crippen LogP contribution in [0.1, 0.15) is 46.7 Å². The second kappa shape index (κ2) is 15.2. The molecule has 1 amide bonds. The zero-order chi connectivity index (χ0) is 29.8. The fraction of sp³-hybridized carbons (Fsp3) is 0.417. The van der Waals surface area contributed by atoms with E-state index in [0.29, 0.717) is 34.3 Å². The number of carbonyl (C=O) groups excluding carboxylic acids is 1. The van der Waals surface area contributed by atoms with Crippen LogP contribution in [0.2, 0.25) is 10.2 Å². The van der Waals surface area contributed by atoms with Crippen molar-refractivity contribution in [1.29, 1.82) is 5.41 Å². The molecule has 0 saturated carbocycles. The van der Waals surface area contributed by atoms with Gasteiger partial charge >= 0.3 is 6.18 Å². The molecule has 0 aromatic carbocycles. The number of hydrogen-bond acceptors (Lipinski definition) is 8. The van der Waals surface area contributed by atoms with Gasteiger partial charge in [0.25, 0.3) is 0 Å². The van der Waals surface area contributed by atoms with Crippen molar-refractivity contribution in [1.82, 2.24) is 19.6 Å². The third-order valence-electron chi connectivity index (χ3n) is 4.93. The summed E-state index contributed by atoms with van der Waals surface area (Å²) in [4.78, 5) is 19.7. The number of nitrogens with zero attached hydrogens (tertiary/aromatic N) is 6. The molecular formula is C24H32Cl2F3N9O. The highest BCUT2D eigenvalue weighted by Crippen LogP contribution is 2.49. The SMILES string of the molecule is CC.CCC.CN1CC(C)(C(F)(F)F)c2c1cnc1cc(Cl)nn21.N=C/C=N\Nc1ncc(NC=O)cc1Cl. The first-order chi connectivity index (χ1) is 18.4. The average Bonchev–Trinajstić information content (AvgIpc) is 3.39. The Morgan fingerprint density at radius 2 is 1.85 bits per heavy atom. The minimum absolute atomic E-state index is 0.0828. The Balaban J connectivity index is 0.000000343. The van der Waals surface area contributed by atoms with Crippen LogP contribution in [0.25, 0.3) is 5.65 Å². The lowest BCUT2D eigenvalue weighted by Crippen LogP contribution is -2.43. The molecule has 15 heteroatoms. The van der Waals surface area contributed by atoms with Crippen LogP contribution in [0.3, 0.4) is 0 Å². The predicted molar refractivity (Wildman–Crippen MR) is 152 cm³/mol. The van der Waals surface area contributed by atoms with Crippen molar-refractivity contribution >= 4 is 64.9 Å². The number of alkyl halides is 3. The van der Waals surface area contributed by atoms with Gasteiger partial charge < -0.3 is 15.6 Å². The maximum absolute atomic E-state index is 13.4. The zero-order valence-electron chi connectivity index (χ0n) is 22.4. The van der Waals surface area contributed by atoms with Crippen LogP contribution in [0.15, 0.2) is 29.6 Å². The van der Waals surface area contributed by atoms with Gasteiger partial charge in [0.05, 0.1) is 40.7 Å². The molecule has 10 nitrogen and oxygen atoms in total. The Morgan fingerprint density at radius 3 is 2.38 bits per heavy atom. The van der Waals surface area contributed by atoms with E-state index >= 15 is 0 Å². The van der Waals surface area contributed by atoms with Crippen molar-refractivity contribution in [3.8, 4) is 0 Å². The van der Waals surface area contributed by atoms with Gasteiger partial charge in [-0.25, -0.2) is 14.5 Å². The monoisotopic (exact) mass is 589 g/mol. The third-order valence-corrected chi connectivity index (χ3v) is 5.41. The van der Waals surface area contributed by atoms with Crippen LogP contribution < -0.4 is 15.6 Å². The number of nitrogens with one attached hydrogen (secondary N) is 3. The number of pyridine rings is 1. The number of halogens is 5. The number of aromatic nitrogens is 4. The number of carbonyl (C=O) groups is 1. The number of likely N-dealkylation sites (N-methyl/N-ethyl adjacent to an activating group) is 1. The van der Waals surface area contributed by atoms with Crippen LogP contribution in [0, 0.1) is 5.41 Å². The lowest BCUT2D eigenvalue weighted by Gasteiger charge is -2.27. The van der Waals surface area contributed by atoms with Crippen LogP contribution in [0.5, 0.6) is 0 Å². The molecular weight excluding hydrogens is 558 g/mol. The zero-order valence-corrected chi connectivity index (χ0v) is 23.9. The van der Waals surface area contributed by atoms with Crippen LogP contribution >= 0.6 is 23.2 Å². The van der Waals surface area contributed by atoms with Gasteiger partial charge in [0.15, 0.2) is 16.6 Å². The topological polar surface area (TPSA) is 124 Å². The summed E-state index contributed by atoms with van der Waals surface area (Å²) in [7, 11) is 1.61. The van der Waals surface area contributed by atoms with Gasteiger partial charge in [-0.3, -0.25) is 10.2 Å². The van der Waals surface area contributed by atoms with Crippen molar-refractivity contribution in [3.63, 3.8) is 0 Å². The molecule has 0 saturated heterocycles. The normalized spacial score (nSPS) is 15.7. The summed E-state index contributed by atoms with van der Waals surface area (Å²) in [6, 6.07) is 2.97. The van der Waals surface area contributed by atoms with Crippen LogP contribution in [-0.2, 0) is 10.2 Å². The maximum Gasteiger partial charge on any atom is 0.401 e. The molecule has 3 aromatic heterocycles.